The molecular weight excluding hydrogens is 430 g/mol. The molecule has 0 amide bonds. The van der Waals surface area contributed by atoms with Gasteiger partial charge < -0.3 is 14.9 Å². The number of aromatic hydroxyl groups is 1. The molecule has 0 radical (unpaired) electrons. The van der Waals surface area contributed by atoms with Crippen molar-refractivity contribution in [1.82, 2.24) is 0 Å². The van der Waals surface area contributed by atoms with Gasteiger partial charge >= 0.3 is 5.97 Å². The third-order valence-corrected chi connectivity index (χ3v) is 6.61. The molecule has 9 heteroatoms. The molecule has 3 aromatic carbocycles. The molecule has 0 bridgehead atoms. The molecule has 0 aliphatic carbocycles. The molecule has 0 saturated heterocycles. The molecule has 0 spiro atoms. The summed E-state index contributed by atoms with van der Waals surface area (Å²) in [5.74, 6) is -1.83. The fourth-order valence-electron chi connectivity index (χ4n) is 2.92. The van der Waals surface area contributed by atoms with E-state index in [1.165, 1.54) is 14.2 Å². The Morgan fingerprint density at radius 3 is 2.30 bits per heavy atom. The van der Waals surface area contributed by atoms with E-state index in [-0.39, 0.29) is 22.0 Å². The first-order valence-electron chi connectivity index (χ1n) is 8.65. The van der Waals surface area contributed by atoms with Crippen LogP contribution in [-0.4, -0.2) is 38.8 Å². The molecule has 30 heavy (non-hydrogen) atoms. The molecular formula is C21H18ClNO6S. The summed E-state index contributed by atoms with van der Waals surface area (Å²) in [6.07, 6.45) is 0. The van der Waals surface area contributed by atoms with E-state index in [0.29, 0.717) is 0 Å². The summed E-state index contributed by atoms with van der Waals surface area (Å²) in [6.45, 7) is 0. The predicted octanol–water partition coefficient (Wildman–Crippen LogP) is 4.24. The number of hydrogen-bond acceptors (Lipinski definition) is 5. The van der Waals surface area contributed by atoms with Crippen molar-refractivity contribution in [3.05, 3.63) is 71.2 Å². The van der Waals surface area contributed by atoms with E-state index in [1.54, 1.807) is 18.2 Å². The van der Waals surface area contributed by atoms with E-state index in [2.05, 4.69) is 0 Å². The maximum atomic E-state index is 13.3. The minimum atomic E-state index is -4.38. The van der Waals surface area contributed by atoms with E-state index in [4.69, 9.17) is 16.3 Å². The third kappa shape index (κ3) is 3.92. The number of carbonyl (C=O) groups is 1. The van der Waals surface area contributed by atoms with Gasteiger partial charge in [0.25, 0.3) is 10.0 Å². The molecule has 0 heterocycles. The van der Waals surface area contributed by atoms with Gasteiger partial charge in [-0.3, -0.25) is 4.31 Å². The number of nitrogens with zero attached hydrogens (tertiary/aromatic N) is 1. The highest BCUT2D eigenvalue weighted by atomic mass is 35.5. The van der Waals surface area contributed by atoms with Gasteiger partial charge in [-0.25, -0.2) is 13.2 Å². The number of phenolic OH excluding ortho intramolecular Hbond substituents is 1. The zero-order valence-electron chi connectivity index (χ0n) is 16.0. The van der Waals surface area contributed by atoms with Gasteiger partial charge in [-0.2, -0.15) is 0 Å². The van der Waals surface area contributed by atoms with Crippen LogP contribution in [0.25, 0.3) is 11.1 Å². The van der Waals surface area contributed by atoms with Crippen molar-refractivity contribution < 1.29 is 28.2 Å². The zero-order valence-corrected chi connectivity index (χ0v) is 17.6. The number of ether oxygens (including phenoxy) is 1. The molecule has 2 N–H and O–H groups in total. The fraction of sp³-hybridized carbons (Fsp3) is 0.0952. The second kappa shape index (κ2) is 8.25. The summed E-state index contributed by atoms with van der Waals surface area (Å²) in [7, 11) is -1.69. The first-order valence-corrected chi connectivity index (χ1v) is 10.5. The van der Waals surface area contributed by atoms with Gasteiger partial charge in [0, 0.05) is 7.05 Å². The minimum Gasteiger partial charge on any atom is -0.505 e. The van der Waals surface area contributed by atoms with Gasteiger partial charge in [0.1, 0.15) is 10.6 Å². The van der Waals surface area contributed by atoms with Gasteiger partial charge in [-0.1, -0.05) is 48.0 Å². The molecule has 0 atom stereocenters. The largest absolute Gasteiger partial charge is 0.505 e. The Balaban J connectivity index is 2.16. The number of sulfonamides is 1. The number of carboxylic acids is 1. The monoisotopic (exact) mass is 447 g/mol. The topological polar surface area (TPSA) is 104 Å². The maximum Gasteiger partial charge on any atom is 0.335 e. The van der Waals surface area contributed by atoms with Crippen LogP contribution in [0.15, 0.2) is 65.6 Å². The molecule has 3 rings (SSSR count). The number of hydrogen-bond donors (Lipinski definition) is 2. The van der Waals surface area contributed by atoms with E-state index in [9.17, 15) is 23.4 Å². The molecule has 156 valence electrons. The smallest absolute Gasteiger partial charge is 0.335 e. The second-order valence-electron chi connectivity index (χ2n) is 6.34. The molecule has 0 aliphatic heterocycles. The van der Waals surface area contributed by atoms with Crippen molar-refractivity contribution in [2.45, 2.75) is 4.90 Å². The van der Waals surface area contributed by atoms with Gasteiger partial charge in [0.05, 0.1) is 23.4 Å². The zero-order chi connectivity index (χ0) is 22.1. The van der Waals surface area contributed by atoms with E-state index in [1.807, 2.05) is 30.3 Å². The van der Waals surface area contributed by atoms with Crippen LogP contribution in [0.4, 0.5) is 5.69 Å². The first kappa shape index (κ1) is 21.5. The summed E-state index contributed by atoms with van der Waals surface area (Å²) in [6, 6.07) is 16.2. The van der Waals surface area contributed by atoms with E-state index >= 15 is 0 Å². The minimum absolute atomic E-state index is 0.204. The number of rotatable bonds is 6. The van der Waals surface area contributed by atoms with Crippen LogP contribution < -0.4 is 9.04 Å². The Hall–Kier alpha value is -3.23. The Bertz CT molecular complexity index is 1210. The SMILES string of the molecule is COc1ccc(-c2ccccc2)cc1N(C)S(=O)(=O)c1cc(C(=O)O)cc(Cl)c1O. The van der Waals surface area contributed by atoms with Gasteiger partial charge in [0.2, 0.25) is 0 Å². The first-order chi connectivity index (χ1) is 14.2. The lowest BCUT2D eigenvalue weighted by atomic mass is 10.0. The Kier molecular flexibility index (Phi) is 5.91. The van der Waals surface area contributed by atoms with Crippen molar-refractivity contribution >= 4 is 33.3 Å². The van der Waals surface area contributed by atoms with Crippen molar-refractivity contribution in [2.75, 3.05) is 18.5 Å². The van der Waals surface area contributed by atoms with Crippen LogP contribution in [0, 0.1) is 0 Å². The molecule has 0 unspecified atom stereocenters. The molecule has 0 aromatic heterocycles. The van der Waals surface area contributed by atoms with Crippen LogP contribution in [0.5, 0.6) is 11.5 Å². The van der Waals surface area contributed by atoms with Crippen molar-refractivity contribution in [1.29, 1.82) is 0 Å². The Morgan fingerprint density at radius 1 is 1.03 bits per heavy atom. The average molecular weight is 448 g/mol. The van der Waals surface area contributed by atoms with Gasteiger partial charge in [-0.05, 0) is 35.4 Å². The van der Waals surface area contributed by atoms with Crippen LogP contribution in [0.3, 0.4) is 0 Å². The number of aromatic carboxylic acids is 1. The third-order valence-electron chi connectivity index (χ3n) is 4.54. The highest BCUT2D eigenvalue weighted by Gasteiger charge is 2.29. The van der Waals surface area contributed by atoms with Crippen LogP contribution in [0.1, 0.15) is 10.4 Å². The van der Waals surface area contributed by atoms with Crippen LogP contribution in [-0.2, 0) is 10.0 Å². The standard InChI is InChI=1S/C21H18ClNO6S/c1-23(30(27,28)19-12-15(21(25)26)10-16(22)20(19)24)17-11-14(8-9-18(17)29-2)13-6-4-3-5-7-13/h3-12,24H,1-2H3,(H,25,26). The Morgan fingerprint density at radius 2 is 1.70 bits per heavy atom. The van der Waals surface area contributed by atoms with E-state index in [0.717, 1.165) is 27.6 Å². The number of benzene rings is 3. The molecule has 3 aromatic rings. The number of carboxylic acid groups (broad SMARTS) is 1. The fourth-order valence-corrected chi connectivity index (χ4v) is 4.52. The quantitative estimate of drug-likeness (QED) is 0.585. The van der Waals surface area contributed by atoms with Crippen LogP contribution >= 0.6 is 11.6 Å². The van der Waals surface area contributed by atoms with Gasteiger partial charge in [-0.15, -0.1) is 0 Å². The average Bonchev–Trinajstić information content (AvgIpc) is 2.74. The maximum absolute atomic E-state index is 13.3. The number of anilines is 1. The summed E-state index contributed by atoms with van der Waals surface area (Å²) in [5.41, 5.74) is 1.45. The van der Waals surface area contributed by atoms with Gasteiger partial charge in [0.15, 0.2) is 5.75 Å². The second-order valence-corrected chi connectivity index (χ2v) is 8.68. The lowest BCUT2D eigenvalue weighted by molar-refractivity contribution is 0.0696. The number of phenols is 1. The summed E-state index contributed by atoms with van der Waals surface area (Å²) in [4.78, 5) is 10.7. The highest BCUT2D eigenvalue weighted by molar-refractivity contribution is 7.93. The number of halogens is 1. The summed E-state index contributed by atoms with van der Waals surface area (Å²) in [5, 5.41) is 19.1. The number of methoxy groups -OCH3 is 1. The lowest BCUT2D eigenvalue weighted by Gasteiger charge is -2.23. The highest BCUT2D eigenvalue weighted by Crippen LogP contribution is 2.39. The van der Waals surface area contributed by atoms with Crippen molar-refractivity contribution in [3.8, 4) is 22.6 Å². The lowest BCUT2D eigenvalue weighted by Crippen LogP contribution is -2.27. The molecule has 7 nitrogen and oxygen atoms in total. The molecule has 0 fully saturated rings. The van der Waals surface area contributed by atoms with Crippen molar-refractivity contribution in [3.63, 3.8) is 0 Å². The Labute approximate surface area is 178 Å². The normalized spacial score (nSPS) is 11.2. The predicted molar refractivity (Wildman–Crippen MR) is 114 cm³/mol. The summed E-state index contributed by atoms with van der Waals surface area (Å²) >= 11 is 5.86. The van der Waals surface area contributed by atoms with Crippen molar-refractivity contribution in [2.24, 2.45) is 0 Å². The molecule has 0 saturated carbocycles. The molecule has 0 aliphatic rings. The van der Waals surface area contributed by atoms with E-state index < -0.39 is 26.6 Å². The van der Waals surface area contributed by atoms with Crippen LogP contribution in [0.2, 0.25) is 5.02 Å². The summed E-state index contributed by atoms with van der Waals surface area (Å²) < 4.78 is 32.7.